The third kappa shape index (κ3) is 3.73. The number of nitrogens with zero attached hydrogens (tertiary/aromatic N) is 1. The predicted octanol–water partition coefficient (Wildman–Crippen LogP) is 3.49. The fourth-order valence-corrected chi connectivity index (χ4v) is 3.14. The van der Waals surface area contributed by atoms with Gasteiger partial charge in [-0.25, -0.2) is 4.79 Å². The van der Waals surface area contributed by atoms with Crippen molar-refractivity contribution in [3.8, 4) is 5.75 Å². The zero-order valence-electron chi connectivity index (χ0n) is 16.1. The van der Waals surface area contributed by atoms with E-state index in [1.165, 1.54) is 6.07 Å². The Morgan fingerprint density at radius 2 is 1.89 bits per heavy atom. The minimum atomic E-state index is -0.363. The van der Waals surface area contributed by atoms with Crippen LogP contribution >= 0.6 is 0 Å². The highest BCUT2D eigenvalue weighted by Gasteiger charge is 2.18. The van der Waals surface area contributed by atoms with Crippen LogP contribution in [-0.4, -0.2) is 26.8 Å². The molecule has 0 bridgehead atoms. The predicted molar refractivity (Wildman–Crippen MR) is 109 cm³/mol. The third-order valence-electron chi connectivity index (χ3n) is 4.70. The molecular weight excluding hydrogens is 356 g/mol. The molecule has 4 rings (SSSR count). The third-order valence-corrected chi connectivity index (χ3v) is 4.70. The van der Waals surface area contributed by atoms with Crippen molar-refractivity contribution in [3.63, 3.8) is 0 Å². The van der Waals surface area contributed by atoms with Crippen molar-refractivity contribution >= 4 is 22.4 Å². The molecule has 0 spiro atoms. The van der Waals surface area contributed by atoms with Crippen LogP contribution in [0.2, 0.25) is 0 Å². The first-order valence-electron chi connectivity index (χ1n) is 9.08. The Kier molecular flexibility index (Phi) is 4.79. The number of rotatable bonds is 5. The van der Waals surface area contributed by atoms with E-state index in [9.17, 15) is 4.79 Å². The Morgan fingerprint density at radius 1 is 1.11 bits per heavy atom. The average Bonchev–Trinajstić information content (AvgIpc) is 3.15. The maximum atomic E-state index is 11.6. The molecule has 1 aliphatic rings. The number of benzene rings is 2. The van der Waals surface area contributed by atoms with Gasteiger partial charge in [0, 0.05) is 37.3 Å². The van der Waals surface area contributed by atoms with Gasteiger partial charge < -0.3 is 14.1 Å². The van der Waals surface area contributed by atoms with Gasteiger partial charge in [-0.05, 0) is 48.4 Å². The minimum Gasteiger partial charge on any atom is -0.490 e. The molecule has 0 saturated carbocycles. The van der Waals surface area contributed by atoms with Gasteiger partial charge in [-0.15, -0.1) is 0 Å². The summed E-state index contributed by atoms with van der Waals surface area (Å²) in [5.74, 6) is 0.627. The lowest BCUT2D eigenvalue weighted by Crippen LogP contribution is -2.19. The summed E-state index contributed by atoms with van der Waals surface area (Å²) in [5.41, 5.74) is 7.11. The molecule has 1 atom stereocenters. The Labute approximate surface area is 162 Å². The van der Waals surface area contributed by atoms with Gasteiger partial charge in [0.25, 0.3) is 0 Å². The molecule has 0 fully saturated rings. The molecule has 3 aromatic rings. The van der Waals surface area contributed by atoms with Crippen LogP contribution in [0.25, 0.3) is 16.7 Å². The van der Waals surface area contributed by atoms with Crippen molar-refractivity contribution in [1.29, 1.82) is 0 Å². The minimum absolute atomic E-state index is 0.219. The molecule has 1 aromatic heterocycles. The fraction of sp³-hybridized carbons (Fsp3) is 0.227. The second-order valence-electron chi connectivity index (χ2n) is 7.00. The normalized spacial score (nSPS) is 16.0. The first-order chi connectivity index (χ1) is 13.5. The van der Waals surface area contributed by atoms with Crippen molar-refractivity contribution in [2.45, 2.75) is 13.0 Å². The molecule has 1 N–H and O–H groups in total. The van der Waals surface area contributed by atoms with Gasteiger partial charge in [-0.2, -0.15) is 0 Å². The van der Waals surface area contributed by atoms with Crippen LogP contribution in [-0.2, 0) is 4.84 Å². The molecule has 0 saturated heterocycles. The van der Waals surface area contributed by atoms with E-state index >= 15 is 0 Å². The lowest BCUT2D eigenvalue weighted by Gasteiger charge is -2.12. The lowest BCUT2D eigenvalue weighted by molar-refractivity contribution is 0.0236. The SMILES string of the molecule is Cc1cc(=O)oc2cc(OC[C@H]3C=C(c4ccc(N(C)C)cc4)NO3)ccc12. The molecule has 0 radical (unpaired) electrons. The molecule has 0 unspecified atom stereocenters. The van der Waals surface area contributed by atoms with Crippen LogP contribution in [0.4, 0.5) is 5.69 Å². The molecule has 144 valence electrons. The van der Waals surface area contributed by atoms with Gasteiger partial charge in [0.05, 0.1) is 5.70 Å². The zero-order valence-corrected chi connectivity index (χ0v) is 16.1. The quantitative estimate of drug-likeness (QED) is 0.686. The summed E-state index contributed by atoms with van der Waals surface area (Å²) in [6.07, 6.45) is 1.78. The number of hydroxylamine groups is 1. The van der Waals surface area contributed by atoms with Crippen molar-refractivity contribution in [2.75, 3.05) is 25.6 Å². The molecule has 0 aliphatic carbocycles. The topological polar surface area (TPSA) is 63.9 Å². The van der Waals surface area contributed by atoms with Crippen LogP contribution in [0.5, 0.6) is 5.75 Å². The van der Waals surface area contributed by atoms with Crippen molar-refractivity contribution in [3.05, 3.63) is 76.2 Å². The van der Waals surface area contributed by atoms with E-state index in [0.717, 1.165) is 27.9 Å². The molecule has 2 heterocycles. The van der Waals surface area contributed by atoms with E-state index in [4.69, 9.17) is 14.0 Å². The number of hydrogen-bond acceptors (Lipinski definition) is 6. The van der Waals surface area contributed by atoms with Crippen LogP contribution in [0.3, 0.4) is 0 Å². The van der Waals surface area contributed by atoms with Crippen LogP contribution in [0.1, 0.15) is 11.1 Å². The summed E-state index contributed by atoms with van der Waals surface area (Å²) in [7, 11) is 4.02. The highest BCUT2D eigenvalue weighted by atomic mass is 16.7. The summed E-state index contributed by atoms with van der Waals surface area (Å²) in [6, 6.07) is 15.2. The number of ether oxygens (including phenoxy) is 1. The van der Waals surface area contributed by atoms with Crippen LogP contribution < -0.4 is 20.7 Å². The highest BCUT2D eigenvalue weighted by molar-refractivity contribution is 5.81. The first-order valence-corrected chi connectivity index (χ1v) is 9.08. The molecule has 6 heteroatoms. The van der Waals surface area contributed by atoms with Gasteiger partial charge in [-0.3, -0.25) is 10.3 Å². The summed E-state index contributed by atoms with van der Waals surface area (Å²) in [6.45, 7) is 2.23. The van der Waals surface area contributed by atoms with Gasteiger partial charge >= 0.3 is 5.63 Å². The standard InChI is InChI=1S/C22H22N2O4/c1-14-10-22(25)27-21-12-17(8-9-19(14)21)26-13-18-11-20(23-28-18)15-4-6-16(7-5-15)24(2)3/h4-12,18,23H,13H2,1-3H3/t18-/m1/s1. The summed E-state index contributed by atoms with van der Waals surface area (Å²) < 4.78 is 11.1. The number of nitrogens with one attached hydrogen (secondary N) is 1. The molecule has 1 aliphatic heterocycles. The Morgan fingerprint density at radius 3 is 2.64 bits per heavy atom. The second-order valence-corrected chi connectivity index (χ2v) is 7.00. The molecule has 6 nitrogen and oxygen atoms in total. The molecule has 2 aromatic carbocycles. The molecule has 28 heavy (non-hydrogen) atoms. The van der Waals surface area contributed by atoms with Crippen molar-refractivity contribution in [1.82, 2.24) is 5.48 Å². The van der Waals surface area contributed by atoms with Crippen LogP contribution in [0.15, 0.2) is 63.8 Å². The Balaban J connectivity index is 1.44. The highest BCUT2D eigenvalue weighted by Crippen LogP contribution is 2.24. The van der Waals surface area contributed by atoms with Crippen LogP contribution in [0, 0.1) is 6.92 Å². The maximum absolute atomic E-state index is 11.6. The number of fused-ring (bicyclic) bond motifs is 1. The summed E-state index contributed by atoms with van der Waals surface area (Å²) in [5, 5.41) is 0.897. The zero-order chi connectivity index (χ0) is 19.7. The number of hydrogen-bond donors (Lipinski definition) is 1. The summed E-state index contributed by atoms with van der Waals surface area (Å²) >= 11 is 0. The van der Waals surface area contributed by atoms with Gasteiger partial charge in [0.2, 0.25) is 0 Å². The van der Waals surface area contributed by atoms with E-state index in [-0.39, 0.29) is 11.7 Å². The summed E-state index contributed by atoms with van der Waals surface area (Å²) in [4.78, 5) is 19.2. The largest absolute Gasteiger partial charge is 0.490 e. The smallest absolute Gasteiger partial charge is 0.336 e. The fourth-order valence-electron chi connectivity index (χ4n) is 3.14. The van der Waals surface area contributed by atoms with Gasteiger partial charge in [0.15, 0.2) is 0 Å². The van der Waals surface area contributed by atoms with E-state index in [1.54, 1.807) is 6.07 Å². The molecule has 0 amide bonds. The average molecular weight is 378 g/mol. The van der Waals surface area contributed by atoms with Gasteiger partial charge in [-0.1, -0.05) is 12.1 Å². The first kappa shape index (κ1) is 18.1. The lowest BCUT2D eigenvalue weighted by atomic mass is 10.1. The number of aryl methyl sites for hydroxylation is 1. The Bertz CT molecular complexity index is 1080. The van der Waals surface area contributed by atoms with Gasteiger partial charge in [0.1, 0.15) is 24.0 Å². The van der Waals surface area contributed by atoms with Crippen molar-refractivity contribution in [2.24, 2.45) is 0 Å². The molecular formula is C22H22N2O4. The van der Waals surface area contributed by atoms with E-state index in [1.807, 2.05) is 39.2 Å². The second kappa shape index (κ2) is 7.40. The maximum Gasteiger partial charge on any atom is 0.336 e. The van der Waals surface area contributed by atoms with E-state index < -0.39 is 0 Å². The number of anilines is 1. The monoisotopic (exact) mass is 378 g/mol. The Hall–Kier alpha value is -3.25. The van der Waals surface area contributed by atoms with E-state index in [0.29, 0.717) is 17.9 Å². The van der Waals surface area contributed by atoms with Crippen molar-refractivity contribution < 1.29 is 14.0 Å². The van der Waals surface area contributed by atoms with E-state index in [2.05, 4.69) is 34.6 Å².